The average Bonchev–Trinajstić information content (AvgIpc) is 3.03. The van der Waals surface area contributed by atoms with Crippen LogP contribution < -0.4 is 0 Å². The molecule has 0 bridgehead atoms. The second kappa shape index (κ2) is 36.8. The number of carbonyl (C=O) groups excluding carboxylic acids is 2. The van der Waals surface area contributed by atoms with E-state index in [0.29, 0.717) is 12.8 Å². The summed E-state index contributed by atoms with van der Waals surface area (Å²) in [5.41, 5.74) is 0. The van der Waals surface area contributed by atoms with E-state index in [1.165, 1.54) is 167 Å². The van der Waals surface area contributed by atoms with Crippen LogP contribution in [0.4, 0.5) is 0 Å². The Morgan fingerprint density at radius 2 is 0.543 bits per heavy atom. The van der Waals surface area contributed by atoms with E-state index >= 15 is 0 Å². The molecule has 0 aromatic rings. The Kier molecular flexibility index (Phi) is 35.9. The molecular formula is C42H82O4. The number of rotatable bonds is 37. The van der Waals surface area contributed by atoms with Gasteiger partial charge in [0.15, 0.2) is 0 Å². The Morgan fingerprint density at radius 3 is 0.761 bits per heavy atom. The normalized spacial score (nSPS) is 12.7. The molecule has 2 unspecified atom stereocenters. The van der Waals surface area contributed by atoms with E-state index in [9.17, 15) is 9.59 Å². The summed E-state index contributed by atoms with van der Waals surface area (Å²) in [5, 5.41) is 0. The van der Waals surface area contributed by atoms with Gasteiger partial charge in [0.25, 0.3) is 0 Å². The molecule has 0 fully saturated rings. The van der Waals surface area contributed by atoms with Gasteiger partial charge < -0.3 is 9.47 Å². The quantitative estimate of drug-likeness (QED) is 0.0496. The van der Waals surface area contributed by atoms with Crippen molar-refractivity contribution in [1.82, 2.24) is 0 Å². The third-order valence-corrected chi connectivity index (χ3v) is 9.61. The maximum atomic E-state index is 12.2. The summed E-state index contributed by atoms with van der Waals surface area (Å²) in [6.45, 7) is 8.47. The van der Waals surface area contributed by atoms with Gasteiger partial charge in [0.2, 0.25) is 0 Å². The van der Waals surface area contributed by atoms with E-state index in [2.05, 4.69) is 13.8 Å². The van der Waals surface area contributed by atoms with Gasteiger partial charge in [-0.05, 0) is 39.5 Å². The summed E-state index contributed by atoms with van der Waals surface area (Å²) in [4.78, 5) is 24.4. The van der Waals surface area contributed by atoms with Crippen molar-refractivity contribution in [2.75, 3.05) is 0 Å². The topological polar surface area (TPSA) is 52.6 Å². The fourth-order valence-corrected chi connectivity index (χ4v) is 6.44. The lowest BCUT2D eigenvalue weighted by molar-refractivity contribution is -0.152. The molecule has 0 radical (unpaired) electrons. The van der Waals surface area contributed by atoms with Crippen molar-refractivity contribution in [3.8, 4) is 0 Å². The highest BCUT2D eigenvalue weighted by atomic mass is 16.5. The van der Waals surface area contributed by atoms with Crippen LogP contribution in [0.2, 0.25) is 0 Å². The van der Waals surface area contributed by atoms with E-state index in [0.717, 1.165) is 38.5 Å². The lowest BCUT2D eigenvalue weighted by Crippen LogP contribution is -2.19. The van der Waals surface area contributed by atoms with Gasteiger partial charge in [-0.1, -0.05) is 194 Å². The van der Waals surface area contributed by atoms with E-state index < -0.39 is 0 Å². The third-order valence-electron chi connectivity index (χ3n) is 9.61. The zero-order valence-electron chi connectivity index (χ0n) is 31.8. The Labute approximate surface area is 288 Å². The minimum absolute atomic E-state index is 0.0833. The van der Waals surface area contributed by atoms with Gasteiger partial charge in [-0.3, -0.25) is 9.59 Å². The molecule has 0 rings (SSSR count). The Morgan fingerprint density at radius 1 is 0.348 bits per heavy atom. The molecule has 0 spiro atoms. The highest BCUT2D eigenvalue weighted by Crippen LogP contribution is 2.16. The van der Waals surface area contributed by atoms with Crippen LogP contribution in [0.15, 0.2) is 0 Å². The van der Waals surface area contributed by atoms with Gasteiger partial charge in [-0.15, -0.1) is 0 Å². The minimum Gasteiger partial charge on any atom is -0.463 e. The highest BCUT2D eigenvalue weighted by Gasteiger charge is 2.14. The molecule has 0 saturated carbocycles. The maximum Gasteiger partial charge on any atom is 0.306 e. The molecule has 0 aliphatic carbocycles. The van der Waals surface area contributed by atoms with Crippen molar-refractivity contribution in [2.45, 2.75) is 258 Å². The molecule has 46 heavy (non-hydrogen) atoms. The van der Waals surface area contributed by atoms with Crippen LogP contribution in [0.3, 0.4) is 0 Å². The first-order chi connectivity index (χ1) is 22.5. The van der Waals surface area contributed by atoms with Crippen LogP contribution in [-0.2, 0) is 19.1 Å². The standard InChI is InChI=1S/C42H82O4/c1-5-7-9-11-13-15-17-19-21-23-25-27-29-31-33-35-41(43)45-39(3)37-38-40(4)46-42(44)36-34-32-30-28-26-24-22-20-18-16-14-12-10-8-6-2/h39-40H,5-38H2,1-4H3. The van der Waals surface area contributed by atoms with Crippen molar-refractivity contribution in [2.24, 2.45) is 0 Å². The first kappa shape index (κ1) is 44.9. The van der Waals surface area contributed by atoms with Crippen LogP contribution in [-0.4, -0.2) is 24.1 Å². The molecule has 0 aromatic heterocycles. The Bertz CT molecular complexity index is 579. The summed E-state index contributed by atoms with van der Waals surface area (Å²) in [6.07, 6.45) is 42.0. The number of hydrogen-bond acceptors (Lipinski definition) is 4. The van der Waals surface area contributed by atoms with Gasteiger partial charge in [0, 0.05) is 12.8 Å². The van der Waals surface area contributed by atoms with Gasteiger partial charge in [-0.25, -0.2) is 0 Å². The molecule has 0 heterocycles. The van der Waals surface area contributed by atoms with Gasteiger partial charge in [0.1, 0.15) is 0 Å². The highest BCUT2D eigenvalue weighted by molar-refractivity contribution is 5.69. The summed E-state index contributed by atoms with van der Waals surface area (Å²) >= 11 is 0. The average molecular weight is 651 g/mol. The smallest absolute Gasteiger partial charge is 0.306 e. The summed E-state index contributed by atoms with van der Waals surface area (Å²) < 4.78 is 11.2. The maximum absolute atomic E-state index is 12.2. The zero-order valence-corrected chi connectivity index (χ0v) is 31.8. The molecule has 0 saturated heterocycles. The van der Waals surface area contributed by atoms with Gasteiger partial charge >= 0.3 is 11.9 Å². The van der Waals surface area contributed by atoms with E-state index in [4.69, 9.17) is 9.47 Å². The van der Waals surface area contributed by atoms with Crippen molar-refractivity contribution in [1.29, 1.82) is 0 Å². The van der Waals surface area contributed by atoms with E-state index in [1.54, 1.807) is 0 Å². The minimum atomic E-state index is -0.124. The fourth-order valence-electron chi connectivity index (χ4n) is 6.44. The SMILES string of the molecule is CCCCCCCCCCCCCCCCCC(=O)OC(C)CCC(C)OC(=O)CCCCCCCCCCCCCCCCC. The molecule has 0 aliphatic heterocycles. The molecule has 4 nitrogen and oxygen atoms in total. The second-order valence-electron chi connectivity index (χ2n) is 14.6. The summed E-state index contributed by atoms with van der Waals surface area (Å²) in [6, 6.07) is 0. The second-order valence-corrected chi connectivity index (χ2v) is 14.6. The summed E-state index contributed by atoms with van der Waals surface area (Å²) in [7, 11) is 0. The lowest BCUT2D eigenvalue weighted by Gasteiger charge is -2.17. The van der Waals surface area contributed by atoms with Crippen LogP contribution in [0.25, 0.3) is 0 Å². The van der Waals surface area contributed by atoms with Crippen LogP contribution in [0.1, 0.15) is 246 Å². The Balaban J connectivity index is 3.48. The molecule has 0 aromatic carbocycles. The predicted molar refractivity (Wildman–Crippen MR) is 199 cm³/mol. The lowest BCUT2D eigenvalue weighted by atomic mass is 10.0. The number of carbonyl (C=O) groups is 2. The summed E-state index contributed by atoms with van der Waals surface area (Å²) in [5.74, 6) is -0.167. The van der Waals surface area contributed by atoms with Crippen LogP contribution >= 0.6 is 0 Å². The molecule has 0 amide bonds. The van der Waals surface area contributed by atoms with E-state index in [-0.39, 0.29) is 24.1 Å². The molecule has 0 aliphatic rings. The van der Waals surface area contributed by atoms with Crippen molar-refractivity contribution < 1.29 is 19.1 Å². The first-order valence-corrected chi connectivity index (χ1v) is 20.9. The number of hydrogen-bond donors (Lipinski definition) is 0. The fraction of sp³-hybridized carbons (Fsp3) is 0.952. The molecular weight excluding hydrogens is 568 g/mol. The van der Waals surface area contributed by atoms with Crippen LogP contribution in [0.5, 0.6) is 0 Å². The van der Waals surface area contributed by atoms with Gasteiger partial charge in [-0.2, -0.15) is 0 Å². The van der Waals surface area contributed by atoms with E-state index in [1.807, 2.05) is 13.8 Å². The largest absolute Gasteiger partial charge is 0.463 e. The predicted octanol–water partition coefficient (Wildman–Crippen LogP) is 14.2. The van der Waals surface area contributed by atoms with Gasteiger partial charge in [0.05, 0.1) is 12.2 Å². The third kappa shape index (κ3) is 35.8. The zero-order chi connectivity index (χ0) is 33.8. The van der Waals surface area contributed by atoms with Crippen molar-refractivity contribution in [3.63, 3.8) is 0 Å². The molecule has 0 N–H and O–H groups in total. The Hall–Kier alpha value is -1.06. The molecule has 4 heteroatoms. The number of esters is 2. The van der Waals surface area contributed by atoms with Crippen LogP contribution in [0, 0.1) is 0 Å². The molecule has 274 valence electrons. The monoisotopic (exact) mass is 651 g/mol. The van der Waals surface area contributed by atoms with Crippen molar-refractivity contribution >= 4 is 11.9 Å². The number of ether oxygens (including phenoxy) is 2. The first-order valence-electron chi connectivity index (χ1n) is 20.9. The molecule has 2 atom stereocenters. The van der Waals surface area contributed by atoms with Crippen molar-refractivity contribution in [3.05, 3.63) is 0 Å². The number of unbranched alkanes of at least 4 members (excludes halogenated alkanes) is 28.